The largest absolute Gasteiger partial charge is 0.516 e. The molecular weight excluding hydrogens is 217 g/mol. The number of halogens is 3. The lowest BCUT2D eigenvalue weighted by molar-refractivity contribution is -0.296. The highest BCUT2D eigenvalue weighted by atomic mass is 28.4. The average molecular weight is 232 g/mol. The lowest BCUT2D eigenvalue weighted by Gasteiger charge is -2.27. The molecule has 0 aliphatic rings. The summed E-state index contributed by atoms with van der Waals surface area (Å²) < 4.78 is 49.8. The summed E-state index contributed by atoms with van der Waals surface area (Å²) in [6, 6.07) is 0.164. The molecule has 0 amide bonds. The topological polar surface area (TPSA) is 27.7 Å². The number of hydrogen-bond donors (Lipinski definition) is 0. The molecule has 86 valence electrons. The Balaban J connectivity index is 4.48. The van der Waals surface area contributed by atoms with Gasteiger partial charge in [-0.25, -0.2) is 0 Å². The second-order valence-electron chi connectivity index (χ2n) is 2.62. The quantitative estimate of drug-likeness (QED) is 0.659. The number of hydrogen-bond acceptors (Lipinski definition) is 3. The average Bonchev–Trinajstić information content (AvgIpc) is 2.02. The second-order valence-corrected chi connectivity index (χ2v) is 5.39. The molecule has 1 atom stereocenters. The van der Waals surface area contributed by atoms with Crippen molar-refractivity contribution in [3.8, 4) is 0 Å². The first-order valence-corrected chi connectivity index (χ1v) is 6.28. The van der Waals surface area contributed by atoms with Crippen LogP contribution in [0, 0.1) is 0 Å². The van der Waals surface area contributed by atoms with Crippen LogP contribution >= 0.6 is 0 Å². The van der Waals surface area contributed by atoms with Crippen molar-refractivity contribution < 1.29 is 26.4 Å². The van der Waals surface area contributed by atoms with Crippen LogP contribution < -0.4 is 0 Å². The van der Waals surface area contributed by atoms with Gasteiger partial charge < -0.3 is 8.85 Å². The third-order valence-corrected chi connectivity index (χ3v) is 4.51. The summed E-state index contributed by atoms with van der Waals surface area (Å²) >= 11 is 0. The Morgan fingerprint density at radius 2 is 1.79 bits per heavy atom. The lowest BCUT2D eigenvalue weighted by Crippen LogP contribution is -2.48. The van der Waals surface area contributed by atoms with Gasteiger partial charge in [0, 0.05) is 19.8 Å². The van der Waals surface area contributed by atoms with Gasteiger partial charge in [0.05, 0.1) is 0 Å². The van der Waals surface area contributed by atoms with Crippen molar-refractivity contribution in [2.45, 2.75) is 32.7 Å². The molecule has 3 nitrogen and oxygen atoms in total. The molecule has 0 saturated heterocycles. The molecule has 14 heavy (non-hydrogen) atoms. The molecule has 0 fully saturated rings. The fourth-order valence-corrected chi connectivity index (χ4v) is 3.17. The minimum Gasteiger partial charge on any atom is -0.377 e. The highest BCUT2D eigenvalue weighted by Gasteiger charge is 2.49. The van der Waals surface area contributed by atoms with Crippen molar-refractivity contribution in [2.75, 3.05) is 13.7 Å². The third-order valence-electron chi connectivity index (χ3n) is 1.50. The van der Waals surface area contributed by atoms with Crippen LogP contribution in [0.4, 0.5) is 13.2 Å². The van der Waals surface area contributed by atoms with E-state index in [1.165, 1.54) is 7.11 Å². The molecule has 7 heteroatoms. The Kier molecular flexibility index (Phi) is 5.65. The molecule has 0 aromatic carbocycles. The first kappa shape index (κ1) is 13.9. The van der Waals surface area contributed by atoms with Crippen molar-refractivity contribution in [1.82, 2.24) is 0 Å². The zero-order valence-corrected chi connectivity index (χ0v) is 9.48. The van der Waals surface area contributed by atoms with E-state index in [1.54, 1.807) is 13.8 Å². The Morgan fingerprint density at radius 3 is 2.07 bits per heavy atom. The van der Waals surface area contributed by atoms with Crippen LogP contribution in [0.15, 0.2) is 0 Å². The first-order chi connectivity index (χ1) is 6.39. The molecule has 0 aromatic rings. The molecule has 0 saturated carbocycles. The van der Waals surface area contributed by atoms with E-state index in [4.69, 9.17) is 8.85 Å². The minimum absolute atomic E-state index is 0.149. The van der Waals surface area contributed by atoms with Crippen LogP contribution in [0.2, 0.25) is 6.04 Å². The Hall–Kier alpha value is -0.113. The Bertz CT molecular complexity index is 157. The van der Waals surface area contributed by atoms with Crippen LogP contribution in [0.25, 0.3) is 0 Å². The maximum Gasteiger partial charge on any atom is 0.516 e. The van der Waals surface area contributed by atoms with Crippen molar-refractivity contribution in [1.29, 1.82) is 0 Å². The van der Waals surface area contributed by atoms with Gasteiger partial charge >= 0.3 is 15.2 Å². The second kappa shape index (κ2) is 5.69. The summed E-state index contributed by atoms with van der Waals surface area (Å²) in [7, 11) is -2.35. The van der Waals surface area contributed by atoms with E-state index in [1.807, 2.05) is 0 Å². The molecule has 0 radical (unpaired) electrons. The molecule has 0 N–H and O–H groups in total. The summed E-state index contributed by atoms with van der Waals surface area (Å²) in [5.74, 6) is 0. The molecule has 0 spiro atoms. The van der Waals surface area contributed by atoms with Gasteiger partial charge in [0.1, 0.15) is 0 Å². The summed E-state index contributed by atoms with van der Waals surface area (Å²) in [5.41, 5.74) is 0. The summed E-state index contributed by atoms with van der Waals surface area (Å²) in [6.07, 6.45) is -4.18. The van der Waals surface area contributed by atoms with E-state index in [2.05, 4.69) is 4.43 Å². The molecule has 0 rings (SSSR count). The van der Waals surface area contributed by atoms with Crippen molar-refractivity contribution in [2.24, 2.45) is 0 Å². The molecule has 0 aromatic heterocycles. The SMILES string of the molecule is CCC[Si](OC)(OCC)OC(F)(F)F. The molecule has 0 heterocycles. The van der Waals surface area contributed by atoms with Crippen molar-refractivity contribution >= 4 is 8.80 Å². The zero-order valence-electron chi connectivity index (χ0n) is 8.48. The molecule has 0 bridgehead atoms. The van der Waals surface area contributed by atoms with Gasteiger partial charge in [0.15, 0.2) is 0 Å². The predicted octanol–water partition coefficient (Wildman–Crippen LogP) is 2.55. The standard InChI is InChI=1S/C7H15F3O3Si/c1-4-6-14(11-3,12-5-2)13-7(8,9)10/h4-6H2,1-3H3. The molecular formula is C7H15F3O3Si. The minimum atomic E-state index is -4.70. The highest BCUT2D eigenvalue weighted by Crippen LogP contribution is 2.27. The van der Waals surface area contributed by atoms with E-state index in [0.717, 1.165) is 0 Å². The monoisotopic (exact) mass is 232 g/mol. The van der Waals surface area contributed by atoms with Gasteiger partial charge in [-0.15, -0.1) is 13.2 Å². The Morgan fingerprint density at radius 1 is 1.21 bits per heavy atom. The fraction of sp³-hybridized carbons (Fsp3) is 1.00. The van der Waals surface area contributed by atoms with Crippen LogP contribution in [-0.4, -0.2) is 28.9 Å². The Labute approximate surface area is 82.5 Å². The maximum absolute atomic E-state index is 12.0. The third kappa shape index (κ3) is 4.94. The fourth-order valence-electron chi connectivity index (χ4n) is 1.06. The van der Waals surface area contributed by atoms with Gasteiger partial charge in [-0.1, -0.05) is 13.3 Å². The number of alkyl halides is 3. The normalized spacial score (nSPS) is 16.7. The van der Waals surface area contributed by atoms with Gasteiger partial charge in [-0.3, -0.25) is 4.43 Å². The van der Waals surface area contributed by atoms with Gasteiger partial charge in [0.25, 0.3) is 0 Å². The van der Waals surface area contributed by atoms with E-state index in [-0.39, 0.29) is 12.7 Å². The van der Waals surface area contributed by atoms with Crippen LogP contribution in [0.1, 0.15) is 20.3 Å². The first-order valence-electron chi connectivity index (χ1n) is 4.35. The smallest absolute Gasteiger partial charge is 0.377 e. The molecule has 1 unspecified atom stereocenters. The van der Waals surface area contributed by atoms with Gasteiger partial charge in [-0.05, 0) is 6.92 Å². The van der Waals surface area contributed by atoms with E-state index < -0.39 is 15.2 Å². The zero-order chi connectivity index (χ0) is 11.2. The maximum atomic E-state index is 12.0. The van der Waals surface area contributed by atoms with Crippen LogP contribution in [0.5, 0.6) is 0 Å². The van der Waals surface area contributed by atoms with Crippen LogP contribution in [-0.2, 0) is 13.3 Å². The van der Waals surface area contributed by atoms with Crippen molar-refractivity contribution in [3.05, 3.63) is 0 Å². The number of rotatable bonds is 6. The highest BCUT2D eigenvalue weighted by molar-refractivity contribution is 6.60. The predicted molar refractivity (Wildman–Crippen MR) is 46.6 cm³/mol. The summed E-state index contributed by atoms with van der Waals surface area (Å²) in [6.45, 7) is 3.51. The summed E-state index contributed by atoms with van der Waals surface area (Å²) in [4.78, 5) is 0. The lowest BCUT2D eigenvalue weighted by atomic mass is 10.6. The van der Waals surface area contributed by atoms with E-state index in [9.17, 15) is 13.2 Å². The van der Waals surface area contributed by atoms with Gasteiger partial charge in [-0.2, -0.15) is 0 Å². The van der Waals surface area contributed by atoms with E-state index >= 15 is 0 Å². The van der Waals surface area contributed by atoms with E-state index in [0.29, 0.717) is 6.42 Å². The van der Waals surface area contributed by atoms with Crippen molar-refractivity contribution in [3.63, 3.8) is 0 Å². The summed E-state index contributed by atoms with van der Waals surface area (Å²) in [5, 5.41) is 0. The van der Waals surface area contributed by atoms with Crippen LogP contribution in [0.3, 0.4) is 0 Å². The molecule has 0 aliphatic carbocycles. The molecule has 0 aliphatic heterocycles. The van der Waals surface area contributed by atoms with Gasteiger partial charge in [0.2, 0.25) is 0 Å².